The fourth-order valence-electron chi connectivity index (χ4n) is 7.14. The highest BCUT2D eigenvalue weighted by Gasteiger charge is 2.69. The SMILES string of the molecule is COC1C[C@H]2C=C[C@H]3[C@H]4O[C@]2(C(C)=C[C@@H](C)[C@@H]([C@@H](C)O)OC1=O)[C@@H]3[C@H](O)[C@@H](C)[C@H]4OC(=O)c1ccc[nH]1. The van der Waals surface area contributed by atoms with E-state index in [2.05, 4.69) is 4.98 Å². The van der Waals surface area contributed by atoms with Gasteiger partial charge in [0.2, 0.25) is 0 Å². The van der Waals surface area contributed by atoms with Gasteiger partial charge < -0.3 is 34.1 Å². The van der Waals surface area contributed by atoms with Gasteiger partial charge in [0.15, 0.2) is 6.10 Å². The van der Waals surface area contributed by atoms with Gasteiger partial charge in [0.25, 0.3) is 0 Å². The van der Waals surface area contributed by atoms with Gasteiger partial charge in [0, 0.05) is 42.9 Å². The summed E-state index contributed by atoms with van der Waals surface area (Å²) in [5.41, 5.74) is 0.301. The summed E-state index contributed by atoms with van der Waals surface area (Å²) in [5.74, 6) is -2.49. The molecule has 9 heteroatoms. The summed E-state index contributed by atoms with van der Waals surface area (Å²) in [5, 5.41) is 22.1. The third-order valence-corrected chi connectivity index (χ3v) is 8.94. The smallest absolute Gasteiger partial charge is 0.355 e. The summed E-state index contributed by atoms with van der Waals surface area (Å²) in [6, 6.07) is 3.37. The van der Waals surface area contributed by atoms with Gasteiger partial charge in [-0.1, -0.05) is 32.1 Å². The molecule has 1 aromatic heterocycles. The van der Waals surface area contributed by atoms with E-state index in [1.807, 2.05) is 39.0 Å². The molecular weight excluding hydrogens is 478 g/mol. The molecule has 202 valence electrons. The van der Waals surface area contributed by atoms with E-state index in [1.165, 1.54) is 7.11 Å². The lowest BCUT2D eigenvalue weighted by Gasteiger charge is -2.48. The molecule has 1 aromatic rings. The molecule has 3 N–H and O–H groups in total. The van der Waals surface area contributed by atoms with E-state index in [-0.39, 0.29) is 36.0 Å². The third kappa shape index (κ3) is 4.07. The molecule has 2 aliphatic carbocycles. The van der Waals surface area contributed by atoms with E-state index in [9.17, 15) is 19.8 Å². The van der Waals surface area contributed by atoms with Crippen molar-refractivity contribution in [1.82, 2.24) is 4.98 Å². The van der Waals surface area contributed by atoms with Gasteiger partial charge in [-0.05, 0) is 38.0 Å². The number of carbonyl (C=O) groups is 2. The molecule has 2 fully saturated rings. The number of carbonyl (C=O) groups excluding carboxylic acids is 2. The number of ether oxygens (including phenoxy) is 4. The number of cyclic esters (lactones) is 1. The van der Waals surface area contributed by atoms with Crippen LogP contribution in [-0.4, -0.2) is 76.5 Å². The number of hydrogen-bond donors (Lipinski definition) is 3. The van der Waals surface area contributed by atoms with Gasteiger partial charge in [0.05, 0.1) is 12.2 Å². The number of aromatic amines is 1. The van der Waals surface area contributed by atoms with E-state index in [4.69, 9.17) is 18.9 Å². The lowest BCUT2D eigenvalue weighted by Crippen LogP contribution is -2.57. The molecular formula is C28H37NO8. The summed E-state index contributed by atoms with van der Waals surface area (Å²) < 4.78 is 24.2. The number of H-pyrrole nitrogens is 1. The number of methoxy groups -OCH3 is 1. The molecule has 1 saturated carbocycles. The standard InChI is InChI=1S/C28H37NO8/c1-13-11-14(2)28-17(12-20(34-5)27(33)35-23(13)16(4)30)8-9-18-21(28)22(31)15(3)24(25(18)37-28)36-26(32)19-7-6-10-29-19/h6-11,13,15-18,20-25,29-31H,12H2,1-5H3/t13-,15-,16-,17-,18-,20?,21+,22-,23+,24-,25-,28+/m1/s1. The molecule has 4 bridgehead atoms. The summed E-state index contributed by atoms with van der Waals surface area (Å²) >= 11 is 0. The van der Waals surface area contributed by atoms with Crippen LogP contribution < -0.4 is 0 Å². The van der Waals surface area contributed by atoms with Crippen LogP contribution in [0.15, 0.2) is 42.1 Å². The Hall–Kier alpha value is -2.46. The molecule has 3 heterocycles. The zero-order chi connectivity index (χ0) is 26.6. The van der Waals surface area contributed by atoms with Crippen molar-refractivity contribution >= 4 is 11.9 Å². The minimum absolute atomic E-state index is 0.175. The van der Waals surface area contributed by atoms with Crippen LogP contribution >= 0.6 is 0 Å². The predicted octanol–water partition coefficient (Wildman–Crippen LogP) is 2.40. The highest BCUT2D eigenvalue weighted by molar-refractivity contribution is 5.87. The Balaban J connectivity index is 1.58. The molecule has 1 saturated heterocycles. The van der Waals surface area contributed by atoms with Crippen molar-refractivity contribution < 1.29 is 38.7 Å². The van der Waals surface area contributed by atoms with E-state index in [0.717, 1.165) is 5.57 Å². The largest absolute Gasteiger partial charge is 0.457 e. The van der Waals surface area contributed by atoms with Crippen molar-refractivity contribution in [2.75, 3.05) is 7.11 Å². The van der Waals surface area contributed by atoms with E-state index in [1.54, 1.807) is 25.3 Å². The van der Waals surface area contributed by atoms with Crippen molar-refractivity contribution in [1.29, 1.82) is 0 Å². The number of nitrogens with one attached hydrogen (secondary N) is 1. The maximum atomic E-state index is 13.1. The van der Waals surface area contributed by atoms with Crippen molar-refractivity contribution in [3.05, 3.63) is 47.8 Å². The Kier molecular flexibility index (Phi) is 6.85. The van der Waals surface area contributed by atoms with Gasteiger partial charge in [-0.15, -0.1) is 0 Å². The molecule has 37 heavy (non-hydrogen) atoms. The van der Waals surface area contributed by atoms with Crippen molar-refractivity contribution in [3.63, 3.8) is 0 Å². The lowest BCUT2D eigenvalue weighted by molar-refractivity contribution is -0.172. The highest BCUT2D eigenvalue weighted by atomic mass is 16.6. The quantitative estimate of drug-likeness (QED) is 0.412. The van der Waals surface area contributed by atoms with Gasteiger partial charge in [0.1, 0.15) is 29.6 Å². The van der Waals surface area contributed by atoms with Crippen molar-refractivity contribution in [2.45, 2.75) is 76.3 Å². The molecule has 2 aliphatic heterocycles. The normalized spacial score (nSPS) is 43.9. The fraction of sp³-hybridized carbons (Fsp3) is 0.643. The van der Waals surface area contributed by atoms with Crippen LogP contribution in [0, 0.1) is 29.6 Å². The zero-order valence-corrected chi connectivity index (χ0v) is 21.9. The van der Waals surface area contributed by atoms with Gasteiger partial charge in [-0.3, -0.25) is 0 Å². The summed E-state index contributed by atoms with van der Waals surface area (Å²) in [6.07, 6.45) is 3.53. The second kappa shape index (κ2) is 9.69. The van der Waals surface area contributed by atoms with Gasteiger partial charge in [-0.25, -0.2) is 9.59 Å². The molecule has 4 aliphatic rings. The van der Waals surface area contributed by atoms with Crippen LogP contribution in [0.2, 0.25) is 0 Å². The Morgan fingerprint density at radius 2 is 2.05 bits per heavy atom. The predicted molar refractivity (Wildman–Crippen MR) is 132 cm³/mol. The van der Waals surface area contributed by atoms with E-state index >= 15 is 0 Å². The fourth-order valence-corrected chi connectivity index (χ4v) is 7.14. The molecule has 1 unspecified atom stereocenters. The first-order chi connectivity index (χ1) is 17.6. The number of hydrogen-bond acceptors (Lipinski definition) is 8. The average molecular weight is 516 g/mol. The molecule has 9 nitrogen and oxygen atoms in total. The molecule has 12 atom stereocenters. The third-order valence-electron chi connectivity index (χ3n) is 8.94. The first-order valence-corrected chi connectivity index (χ1v) is 13.1. The monoisotopic (exact) mass is 515 g/mol. The number of aromatic nitrogens is 1. The second-order valence-corrected chi connectivity index (χ2v) is 11.1. The van der Waals surface area contributed by atoms with Crippen LogP contribution in [-0.2, 0) is 23.7 Å². The van der Waals surface area contributed by atoms with E-state index in [0.29, 0.717) is 5.69 Å². The van der Waals surface area contributed by atoms with Gasteiger partial charge in [-0.2, -0.15) is 0 Å². The Labute approximate surface area is 216 Å². The van der Waals surface area contributed by atoms with Gasteiger partial charge >= 0.3 is 11.9 Å². The lowest BCUT2D eigenvalue weighted by atomic mass is 9.57. The molecule has 0 amide bonds. The Bertz CT molecular complexity index is 1080. The average Bonchev–Trinajstić information content (AvgIpc) is 3.46. The van der Waals surface area contributed by atoms with Crippen LogP contribution in [0.4, 0.5) is 0 Å². The summed E-state index contributed by atoms with van der Waals surface area (Å²) in [6.45, 7) is 7.35. The maximum absolute atomic E-state index is 13.1. The van der Waals surface area contributed by atoms with Crippen molar-refractivity contribution in [3.8, 4) is 0 Å². The maximum Gasteiger partial charge on any atom is 0.355 e. The molecule has 0 aromatic carbocycles. The Morgan fingerprint density at radius 3 is 2.70 bits per heavy atom. The minimum atomic E-state index is -0.933. The summed E-state index contributed by atoms with van der Waals surface area (Å²) in [7, 11) is 1.46. The van der Waals surface area contributed by atoms with Crippen LogP contribution in [0.25, 0.3) is 0 Å². The van der Waals surface area contributed by atoms with Crippen LogP contribution in [0.5, 0.6) is 0 Å². The number of aliphatic hydroxyl groups is 2. The highest BCUT2D eigenvalue weighted by Crippen LogP contribution is 2.61. The minimum Gasteiger partial charge on any atom is -0.457 e. The second-order valence-electron chi connectivity index (χ2n) is 11.1. The van der Waals surface area contributed by atoms with Crippen LogP contribution in [0.3, 0.4) is 0 Å². The van der Waals surface area contributed by atoms with Crippen molar-refractivity contribution in [2.24, 2.45) is 29.6 Å². The van der Waals surface area contributed by atoms with Crippen LogP contribution in [0.1, 0.15) is 44.6 Å². The first kappa shape index (κ1) is 26.2. The number of aliphatic hydroxyl groups excluding tert-OH is 2. The molecule has 0 radical (unpaired) electrons. The first-order valence-electron chi connectivity index (χ1n) is 13.1. The molecule has 1 spiro atoms. The zero-order valence-electron chi connectivity index (χ0n) is 21.9. The number of esters is 2. The topological polar surface area (TPSA) is 127 Å². The molecule has 5 rings (SSSR count). The summed E-state index contributed by atoms with van der Waals surface area (Å²) in [4.78, 5) is 28.8. The van der Waals surface area contributed by atoms with E-state index < -0.39 is 54.2 Å². The number of rotatable bonds is 4. The Morgan fingerprint density at radius 1 is 1.30 bits per heavy atom.